The molecule has 0 fully saturated rings. The van der Waals surface area contributed by atoms with Crippen LogP contribution in [0, 0.1) is 5.41 Å². The monoisotopic (exact) mass is 225 g/mol. The van der Waals surface area contributed by atoms with Crippen molar-refractivity contribution in [1.82, 2.24) is 9.97 Å². The van der Waals surface area contributed by atoms with Gasteiger partial charge in [0.15, 0.2) is 0 Å². The lowest BCUT2D eigenvalue weighted by Gasteiger charge is -2.30. The molecule has 0 aliphatic carbocycles. The fourth-order valence-electron chi connectivity index (χ4n) is 1.89. The van der Waals surface area contributed by atoms with Crippen molar-refractivity contribution in [3.8, 4) is 0 Å². The number of rotatable bonds is 3. The van der Waals surface area contributed by atoms with Gasteiger partial charge in [-0.25, -0.2) is 9.97 Å². The SMILES string of the molecule is CCC(c1ncncc1SN)C(C)(C)C. The van der Waals surface area contributed by atoms with Gasteiger partial charge in [-0.2, -0.15) is 0 Å². The van der Waals surface area contributed by atoms with Crippen molar-refractivity contribution in [3.63, 3.8) is 0 Å². The number of nitrogens with zero attached hydrogens (tertiary/aromatic N) is 2. The third-order valence-corrected chi connectivity index (χ3v) is 3.19. The summed E-state index contributed by atoms with van der Waals surface area (Å²) in [7, 11) is 0. The predicted octanol–water partition coefficient (Wildman–Crippen LogP) is 2.98. The van der Waals surface area contributed by atoms with Gasteiger partial charge in [-0.15, -0.1) is 0 Å². The highest BCUT2D eigenvalue weighted by Crippen LogP contribution is 2.39. The van der Waals surface area contributed by atoms with Crippen LogP contribution in [0.4, 0.5) is 0 Å². The van der Waals surface area contributed by atoms with Crippen LogP contribution < -0.4 is 5.14 Å². The summed E-state index contributed by atoms with van der Waals surface area (Å²) in [5.74, 6) is 0.423. The Balaban J connectivity index is 3.12. The van der Waals surface area contributed by atoms with Crippen LogP contribution in [0.1, 0.15) is 45.7 Å². The Hall–Kier alpha value is -0.610. The maximum absolute atomic E-state index is 5.62. The van der Waals surface area contributed by atoms with Gasteiger partial charge in [-0.1, -0.05) is 27.7 Å². The minimum Gasteiger partial charge on any atom is -0.273 e. The van der Waals surface area contributed by atoms with E-state index in [2.05, 4.69) is 37.7 Å². The summed E-state index contributed by atoms with van der Waals surface area (Å²) in [5.41, 5.74) is 1.28. The van der Waals surface area contributed by atoms with Crippen molar-refractivity contribution in [2.45, 2.75) is 44.9 Å². The fourth-order valence-corrected chi connectivity index (χ4v) is 2.33. The third-order valence-electron chi connectivity index (χ3n) is 2.62. The summed E-state index contributed by atoms with van der Waals surface area (Å²) in [4.78, 5) is 9.36. The average molecular weight is 225 g/mol. The molecule has 0 saturated carbocycles. The first-order chi connectivity index (χ1) is 7.00. The van der Waals surface area contributed by atoms with Gasteiger partial charge < -0.3 is 0 Å². The molecule has 15 heavy (non-hydrogen) atoms. The van der Waals surface area contributed by atoms with E-state index in [0.29, 0.717) is 5.92 Å². The molecular formula is C11H19N3S. The highest BCUT2D eigenvalue weighted by Gasteiger charge is 2.27. The van der Waals surface area contributed by atoms with E-state index in [1.165, 1.54) is 11.9 Å². The van der Waals surface area contributed by atoms with E-state index in [-0.39, 0.29) is 5.41 Å². The van der Waals surface area contributed by atoms with E-state index in [9.17, 15) is 0 Å². The second kappa shape index (κ2) is 4.94. The molecular weight excluding hydrogens is 206 g/mol. The van der Waals surface area contributed by atoms with Gasteiger partial charge in [-0.3, -0.25) is 5.14 Å². The molecule has 0 radical (unpaired) electrons. The third kappa shape index (κ3) is 2.92. The van der Waals surface area contributed by atoms with Crippen LogP contribution in [0.25, 0.3) is 0 Å². The van der Waals surface area contributed by atoms with Gasteiger partial charge in [0, 0.05) is 12.1 Å². The predicted molar refractivity (Wildman–Crippen MR) is 64.6 cm³/mol. The van der Waals surface area contributed by atoms with Crippen molar-refractivity contribution in [3.05, 3.63) is 18.2 Å². The summed E-state index contributed by atoms with van der Waals surface area (Å²) in [6, 6.07) is 0. The minimum absolute atomic E-state index is 0.202. The maximum atomic E-state index is 5.62. The van der Waals surface area contributed by atoms with Crippen LogP contribution >= 0.6 is 11.9 Å². The highest BCUT2D eigenvalue weighted by atomic mass is 32.2. The van der Waals surface area contributed by atoms with Gasteiger partial charge in [0.05, 0.1) is 10.6 Å². The maximum Gasteiger partial charge on any atom is 0.115 e. The van der Waals surface area contributed by atoms with E-state index in [1.54, 1.807) is 12.5 Å². The van der Waals surface area contributed by atoms with Crippen LogP contribution in [0.15, 0.2) is 17.4 Å². The van der Waals surface area contributed by atoms with Gasteiger partial charge in [0.2, 0.25) is 0 Å². The van der Waals surface area contributed by atoms with Crippen LogP contribution in [0.2, 0.25) is 0 Å². The van der Waals surface area contributed by atoms with E-state index in [0.717, 1.165) is 17.0 Å². The highest BCUT2D eigenvalue weighted by molar-refractivity contribution is 7.97. The Morgan fingerprint density at radius 2 is 2.13 bits per heavy atom. The lowest BCUT2D eigenvalue weighted by atomic mass is 9.77. The molecule has 1 aromatic heterocycles. The number of aromatic nitrogens is 2. The first-order valence-electron chi connectivity index (χ1n) is 5.17. The summed E-state index contributed by atoms with van der Waals surface area (Å²) < 4.78 is 0. The lowest BCUT2D eigenvalue weighted by molar-refractivity contribution is 0.303. The molecule has 0 aromatic carbocycles. The molecule has 0 aliphatic heterocycles. The molecule has 1 heterocycles. The largest absolute Gasteiger partial charge is 0.273 e. The zero-order valence-corrected chi connectivity index (χ0v) is 10.6. The molecule has 1 rings (SSSR count). The number of nitrogens with two attached hydrogens (primary N) is 1. The van der Waals surface area contributed by atoms with Crippen LogP contribution in [0.5, 0.6) is 0 Å². The fraction of sp³-hybridized carbons (Fsp3) is 0.636. The summed E-state index contributed by atoms with van der Waals surface area (Å²) in [6.07, 6.45) is 4.46. The van der Waals surface area contributed by atoms with Gasteiger partial charge in [0.1, 0.15) is 6.33 Å². The minimum atomic E-state index is 0.202. The second-order valence-corrected chi connectivity index (χ2v) is 5.39. The summed E-state index contributed by atoms with van der Waals surface area (Å²) in [5, 5.41) is 5.62. The molecule has 0 bridgehead atoms. The van der Waals surface area contributed by atoms with E-state index in [1.807, 2.05) is 0 Å². The topological polar surface area (TPSA) is 51.8 Å². The zero-order valence-electron chi connectivity index (χ0n) is 9.82. The van der Waals surface area contributed by atoms with Crippen LogP contribution in [0.3, 0.4) is 0 Å². The first kappa shape index (κ1) is 12.5. The molecule has 0 saturated heterocycles. The second-order valence-electron chi connectivity index (χ2n) is 4.72. The van der Waals surface area contributed by atoms with E-state index >= 15 is 0 Å². The van der Waals surface area contributed by atoms with E-state index < -0.39 is 0 Å². The smallest absolute Gasteiger partial charge is 0.115 e. The molecule has 0 amide bonds. The van der Waals surface area contributed by atoms with Gasteiger partial charge in [-0.05, 0) is 23.8 Å². The molecule has 3 nitrogen and oxygen atoms in total. The Morgan fingerprint density at radius 3 is 2.60 bits per heavy atom. The zero-order chi connectivity index (χ0) is 11.5. The van der Waals surface area contributed by atoms with Gasteiger partial charge >= 0.3 is 0 Å². The normalized spacial score (nSPS) is 13.9. The molecule has 1 unspecified atom stereocenters. The van der Waals surface area contributed by atoms with Crippen molar-refractivity contribution >= 4 is 11.9 Å². The quantitative estimate of drug-likeness (QED) is 0.803. The Morgan fingerprint density at radius 1 is 1.47 bits per heavy atom. The number of hydrogen-bond donors (Lipinski definition) is 1. The Kier molecular flexibility index (Phi) is 4.11. The molecule has 0 aliphatic rings. The van der Waals surface area contributed by atoms with Crippen molar-refractivity contribution in [2.75, 3.05) is 0 Å². The van der Waals surface area contributed by atoms with Crippen molar-refractivity contribution in [1.29, 1.82) is 0 Å². The van der Waals surface area contributed by atoms with Crippen LogP contribution in [-0.4, -0.2) is 9.97 Å². The number of hydrogen-bond acceptors (Lipinski definition) is 4. The molecule has 0 spiro atoms. The molecule has 1 atom stereocenters. The Labute approximate surface area is 96.0 Å². The first-order valence-corrected chi connectivity index (χ1v) is 6.05. The summed E-state index contributed by atoms with van der Waals surface area (Å²) in [6.45, 7) is 8.87. The van der Waals surface area contributed by atoms with Gasteiger partial charge in [0.25, 0.3) is 0 Å². The van der Waals surface area contributed by atoms with E-state index in [4.69, 9.17) is 5.14 Å². The van der Waals surface area contributed by atoms with Crippen molar-refractivity contribution < 1.29 is 0 Å². The molecule has 2 N–H and O–H groups in total. The molecule has 84 valence electrons. The Bertz CT molecular complexity index is 320. The van der Waals surface area contributed by atoms with Crippen LogP contribution in [-0.2, 0) is 0 Å². The van der Waals surface area contributed by atoms with Crippen molar-refractivity contribution in [2.24, 2.45) is 10.6 Å². The standard InChI is InChI=1S/C11H19N3S/c1-5-8(11(2,3)4)10-9(15-12)6-13-7-14-10/h6-8H,5,12H2,1-4H3. The average Bonchev–Trinajstić information content (AvgIpc) is 2.17. The summed E-state index contributed by atoms with van der Waals surface area (Å²) >= 11 is 1.23. The lowest BCUT2D eigenvalue weighted by Crippen LogP contribution is -2.20. The molecule has 4 heteroatoms. The molecule has 1 aromatic rings.